The van der Waals surface area contributed by atoms with Gasteiger partial charge in [0.15, 0.2) is 0 Å². The quantitative estimate of drug-likeness (QED) is 0.671. The molecule has 1 rings (SSSR count). The predicted molar refractivity (Wildman–Crippen MR) is 51.4 cm³/mol. The van der Waals surface area contributed by atoms with E-state index in [0.717, 1.165) is 6.54 Å². The van der Waals surface area contributed by atoms with E-state index in [2.05, 4.69) is 17.0 Å². The van der Waals surface area contributed by atoms with Crippen LogP contribution in [0.5, 0.6) is 0 Å². The zero-order chi connectivity index (χ0) is 9.90. The molecular weight excluding hydrogens is 166 g/mol. The summed E-state index contributed by atoms with van der Waals surface area (Å²) < 4.78 is 4.63. The summed E-state index contributed by atoms with van der Waals surface area (Å²) in [6.45, 7) is 5.02. The zero-order valence-electron chi connectivity index (χ0n) is 8.72. The Bertz CT molecular complexity index is 187. The van der Waals surface area contributed by atoms with E-state index in [9.17, 15) is 4.79 Å². The summed E-state index contributed by atoms with van der Waals surface area (Å²) in [5.41, 5.74) is 0.419. The van der Waals surface area contributed by atoms with Gasteiger partial charge >= 0.3 is 5.97 Å². The Kier molecular flexibility index (Phi) is 3.31. The van der Waals surface area contributed by atoms with E-state index in [1.165, 1.54) is 26.4 Å². The number of carbonyl (C=O) groups is 1. The zero-order valence-corrected chi connectivity index (χ0v) is 8.72. The van der Waals surface area contributed by atoms with Gasteiger partial charge in [-0.2, -0.15) is 0 Å². The van der Waals surface area contributed by atoms with E-state index in [4.69, 9.17) is 0 Å². The molecule has 0 aromatic carbocycles. The molecule has 1 aliphatic rings. The lowest BCUT2D eigenvalue weighted by molar-refractivity contribution is -0.142. The van der Waals surface area contributed by atoms with Crippen LogP contribution in [0.25, 0.3) is 0 Å². The number of rotatable bonds is 4. The first kappa shape index (κ1) is 10.5. The van der Waals surface area contributed by atoms with Crippen molar-refractivity contribution in [2.45, 2.75) is 39.2 Å². The molecule has 3 heteroatoms. The van der Waals surface area contributed by atoms with E-state index in [0.29, 0.717) is 5.41 Å². The Morgan fingerprint density at radius 3 is 2.62 bits per heavy atom. The minimum Gasteiger partial charge on any atom is -0.468 e. The summed E-state index contributed by atoms with van der Waals surface area (Å²) in [7, 11) is 1.42. The third kappa shape index (κ3) is 2.69. The van der Waals surface area contributed by atoms with Gasteiger partial charge < -0.3 is 10.1 Å². The first-order chi connectivity index (χ1) is 6.07. The molecule has 1 unspecified atom stereocenters. The summed E-state index contributed by atoms with van der Waals surface area (Å²) in [6, 6.07) is -0.178. The third-order valence-electron chi connectivity index (χ3n) is 2.95. The fourth-order valence-electron chi connectivity index (χ4n) is 1.62. The highest BCUT2D eigenvalue weighted by Gasteiger charge is 2.32. The molecule has 1 aliphatic carbocycles. The van der Waals surface area contributed by atoms with Gasteiger partial charge in [0.2, 0.25) is 0 Å². The third-order valence-corrected chi connectivity index (χ3v) is 2.95. The van der Waals surface area contributed by atoms with Gasteiger partial charge in [0.1, 0.15) is 6.04 Å². The number of esters is 1. The standard InChI is InChI=1S/C10H19NO2/c1-8(9(12)13-3)11-7-10(2)5-4-6-10/h8,11H,4-7H2,1-3H3. The maximum atomic E-state index is 11.1. The fraction of sp³-hybridized carbons (Fsp3) is 0.900. The van der Waals surface area contributed by atoms with E-state index >= 15 is 0 Å². The fourth-order valence-corrected chi connectivity index (χ4v) is 1.62. The van der Waals surface area contributed by atoms with Crippen molar-refractivity contribution >= 4 is 5.97 Å². The first-order valence-corrected chi connectivity index (χ1v) is 4.89. The molecule has 1 atom stereocenters. The molecule has 0 bridgehead atoms. The van der Waals surface area contributed by atoms with Gasteiger partial charge in [0.05, 0.1) is 7.11 Å². The van der Waals surface area contributed by atoms with Gasteiger partial charge in [0, 0.05) is 6.54 Å². The summed E-state index contributed by atoms with van der Waals surface area (Å²) in [5, 5.41) is 3.20. The number of hydrogen-bond acceptors (Lipinski definition) is 3. The molecular formula is C10H19NO2. The van der Waals surface area contributed by atoms with Gasteiger partial charge in [0.25, 0.3) is 0 Å². The highest BCUT2D eigenvalue weighted by Crippen LogP contribution is 2.39. The maximum absolute atomic E-state index is 11.1. The Morgan fingerprint density at radius 2 is 2.23 bits per heavy atom. The van der Waals surface area contributed by atoms with Gasteiger partial charge in [-0.3, -0.25) is 4.79 Å². The van der Waals surface area contributed by atoms with Crippen molar-refractivity contribution in [1.82, 2.24) is 5.32 Å². The van der Waals surface area contributed by atoms with Crippen molar-refractivity contribution in [2.24, 2.45) is 5.41 Å². The van der Waals surface area contributed by atoms with Gasteiger partial charge in [-0.1, -0.05) is 13.3 Å². The largest absolute Gasteiger partial charge is 0.468 e. The van der Waals surface area contributed by atoms with Crippen molar-refractivity contribution in [1.29, 1.82) is 0 Å². The predicted octanol–water partition coefficient (Wildman–Crippen LogP) is 1.33. The van der Waals surface area contributed by atoms with Crippen molar-refractivity contribution in [3.8, 4) is 0 Å². The molecule has 1 N–H and O–H groups in total. The molecule has 0 saturated heterocycles. The average molecular weight is 185 g/mol. The average Bonchev–Trinajstić information content (AvgIpc) is 2.09. The van der Waals surface area contributed by atoms with Crippen molar-refractivity contribution < 1.29 is 9.53 Å². The normalized spacial score (nSPS) is 21.8. The lowest BCUT2D eigenvalue weighted by Gasteiger charge is -2.39. The number of nitrogens with one attached hydrogen (secondary N) is 1. The van der Waals surface area contributed by atoms with Crippen molar-refractivity contribution in [3.63, 3.8) is 0 Å². The number of hydrogen-bond donors (Lipinski definition) is 1. The number of methoxy groups -OCH3 is 1. The van der Waals surface area contributed by atoms with Crippen LogP contribution in [0.3, 0.4) is 0 Å². The smallest absolute Gasteiger partial charge is 0.322 e. The van der Waals surface area contributed by atoms with Crippen LogP contribution in [0.4, 0.5) is 0 Å². The highest BCUT2D eigenvalue weighted by atomic mass is 16.5. The van der Waals surface area contributed by atoms with E-state index in [-0.39, 0.29) is 12.0 Å². The SMILES string of the molecule is COC(=O)C(C)NCC1(C)CCC1. The van der Waals surface area contributed by atoms with Crippen molar-refractivity contribution in [3.05, 3.63) is 0 Å². The number of ether oxygens (including phenoxy) is 1. The van der Waals surface area contributed by atoms with Crippen LogP contribution in [-0.2, 0) is 9.53 Å². The summed E-state index contributed by atoms with van der Waals surface area (Å²) in [5.74, 6) is -0.178. The highest BCUT2D eigenvalue weighted by molar-refractivity contribution is 5.75. The second-order valence-electron chi connectivity index (χ2n) is 4.29. The van der Waals surface area contributed by atoms with Crippen LogP contribution in [0, 0.1) is 5.41 Å². The monoisotopic (exact) mass is 185 g/mol. The number of carbonyl (C=O) groups excluding carboxylic acids is 1. The second kappa shape index (κ2) is 4.09. The molecule has 0 heterocycles. The van der Waals surface area contributed by atoms with Crippen LogP contribution in [0.2, 0.25) is 0 Å². The Labute approximate surface area is 79.8 Å². The van der Waals surface area contributed by atoms with Gasteiger partial charge in [-0.15, -0.1) is 0 Å². The van der Waals surface area contributed by atoms with E-state index in [1.807, 2.05) is 6.92 Å². The summed E-state index contributed by atoms with van der Waals surface area (Å²) in [4.78, 5) is 11.1. The second-order valence-corrected chi connectivity index (χ2v) is 4.29. The lowest BCUT2D eigenvalue weighted by Crippen LogP contribution is -2.44. The molecule has 76 valence electrons. The molecule has 0 amide bonds. The minimum absolute atomic E-state index is 0.178. The molecule has 0 spiro atoms. The van der Waals surface area contributed by atoms with Gasteiger partial charge in [-0.25, -0.2) is 0 Å². The summed E-state index contributed by atoms with van der Waals surface area (Å²) >= 11 is 0. The van der Waals surface area contributed by atoms with Crippen molar-refractivity contribution in [2.75, 3.05) is 13.7 Å². The molecule has 0 aromatic heterocycles. The van der Waals surface area contributed by atoms with Crippen LogP contribution in [0.15, 0.2) is 0 Å². The van der Waals surface area contributed by atoms with Crippen LogP contribution < -0.4 is 5.32 Å². The molecule has 13 heavy (non-hydrogen) atoms. The molecule has 0 radical (unpaired) electrons. The first-order valence-electron chi connectivity index (χ1n) is 4.89. The van der Waals surface area contributed by atoms with E-state index < -0.39 is 0 Å². The molecule has 3 nitrogen and oxygen atoms in total. The molecule has 0 aliphatic heterocycles. The Balaban J connectivity index is 2.21. The molecule has 1 saturated carbocycles. The molecule has 0 aromatic rings. The van der Waals surface area contributed by atoms with Crippen LogP contribution in [-0.4, -0.2) is 25.7 Å². The van der Waals surface area contributed by atoms with Crippen LogP contribution in [0.1, 0.15) is 33.1 Å². The van der Waals surface area contributed by atoms with Crippen LogP contribution >= 0.6 is 0 Å². The summed E-state index contributed by atoms with van der Waals surface area (Å²) in [6.07, 6.45) is 3.87. The Hall–Kier alpha value is -0.570. The topological polar surface area (TPSA) is 38.3 Å². The lowest BCUT2D eigenvalue weighted by atomic mass is 9.70. The minimum atomic E-state index is -0.178. The maximum Gasteiger partial charge on any atom is 0.322 e. The van der Waals surface area contributed by atoms with Gasteiger partial charge in [-0.05, 0) is 25.2 Å². The van der Waals surface area contributed by atoms with E-state index in [1.54, 1.807) is 0 Å². The molecule has 1 fully saturated rings. The Morgan fingerprint density at radius 1 is 1.62 bits per heavy atom.